The molecule has 6 nitrogen and oxygen atoms in total. The smallest absolute Gasteiger partial charge is 0.115 e. The zero-order valence-electron chi connectivity index (χ0n) is 8.28. The number of rotatable bonds is 3. The number of hydrogen-bond acceptors (Lipinski definition) is 5. The van der Waals surface area contributed by atoms with Crippen LogP contribution in [0.1, 0.15) is 25.1 Å². The third kappa shape index (κ3) is 1.99. The fourth-order valence-corrected chi connectivity index (χ4v) is 1.17. The third-order valence-corrected chi connectivity index (χ3v) is 2.05. The van der Waals surface area contributed by atoms with Gasteiger partial charge in [-0.1, -0.05) is 12.1 Å². The van der Waals surface area contributed by atoms with Crippen molar-refractivity contribution in [3.05, 3.63) is 30.6 Å². The van der Waals surface area contributed by atoms with Crippen LogP contribution in [0.3, 0.4) is 0 Å². The highest BCUT2D eigenvalue weighted by Crippen LogP contribution is 2.13. The molecular weight excluding hydrogens is 194 g/mol. The first-order chi connectivity index (χ1) is 7.31. The maximum absolute atomic E-state index is 9.54. The molecule has 1 N–H and O–H groups in total. The summed E-state index contributed by atoms with van der Waals surface area (Å²) in [5, 5.41) is 17.3. The van der Waals surface area contributed by atoms with Crippen LogP contribution < -0.4 is 0 Å². The Morgan fingerprint density at radius 2 is 2.13 bits per heavy atom. The van der Waals surface area contributed by atoms with Gasteiger partial charge in [-0.15, -0.1) is 5.10 Å². The van der Waals surface area contributed by atoms with Gasteiger partial charge >= 0.3 is 0 Å². The summed E-state index contributed by atoms with van der Waals surface area (Å²) in [7, 11) is 0. The predicted molar refractivity (Wildman–Crippen MR) is 52.2 cm³/mol. The molecule has 15 heavy (non-hydrogen) atoms. The fourth-order valence-electron chi connectivity index (χ4n) is 1.17. The van der Waals surface area contributed by atoms with E-state index in [0.717, 1.165) is 5.69 Å². The summed E-state index contributed by atoms with van der Waals surface area (Å²) in [6.45, 7) is 1.88. The number of aliphatic hydroxyl groups is 1. The molecule has 0 bridgehead atoms. The predicted octanol–water partition coefficient (Wildman–Crippen LogP) is 0.501. The van der Waals surface area contributed by atoms with Gasteiger partial charge in [0.15, 0.2) is 0 Å². The topological polar surface area (TPSA) is 76.7 Å². The van der Waals surface area contributed by atoms with E-state index >= 15 is 0 Å². The second-order valence-electron chi connectivity index (χ2n) is 3.11. The molecule has 0 saturated heterocycles. The maximum atomic E-state index is 9.54. The van der Waals surface area contributed by atoms with E-state index in [-0.39, 0.29) is 0 Å². The molecule has 1 atom stereocenters. The van der Waals surface area contributed by atoms with E-state index in [2.05, 4.69) is 20.3 Å². The molecule has 1 unspecified atom stereocenters. The summed E-state index contributed by atoms with van der Waals surface area (Å²) in [5.41, 5.74) is 1.28. The quantitative estimate of drug-likeness (QED) is 0.789. The van der Waals surface area contributed by atoms with E-state index < -0.39 is 6.10 Å². The van der Waals surface area contributed by atoms with Crippen molar-refractivity contribution in [2.45, 2.75) is 19.4 Å². The lowest BCUT2D eigenvalue weighted by molar-refractivity contribution is 0.169. The van der Waals surface area contributed by atoms with Gasteiger partial charge in [0, 0.05) is 0 Å². The standard InChI is InChI=1S/C9H11N5O/c1-2-9(15)8-5-14(13-12-8)7-3-10-6-11-4-7/h3-6,9,15H,2H2,1H3. The van der Waals surface area contributed by atoms with Crippen molar-refractivity contribution in [1.29, 1.82) is 0 Å². The normalized spacial score (nSPS) is 12.7. The molecule has 2 heterocycles. The highest BCUT2D eigenvalue weighted by molar-refractivity contribution is 5.22. The van der Waals surface area contributed by atoms with E-state index in [1.165, 1.54) is 11.0 Å². The van der Waals surface area contributed by atoms with Crippen LogP contribution in [-0.4, -0.2) is 30.1 Å². The largest absolute Gasteiger partial charge is 0.387 e. The highest BCUT2D eigenvalue weighted by Gasteiger charge is 2.10. The van der Waals surface area contributed by atoms with Crippen LogP contribution >= 0.6 is 0 Å². The Bertz CT molecular complexity index is 427. The van der Waals surface area contributed by atoms with Crippen LogP contribution in [-0.2, 0) is 0 Å². The van der Waals surface area contributed by atoms with Gasteiger partial charge in [0.1, 0.15) is 17.7 Å². The average Bonchev–Trinajstić information content (AvgIpc) is 2.78. The van der Waals surface area contributed by atoms with Crippen molar-refractivity contribution in [2.75, 3.05) is 0 Å². The zero-order valence-corrected chi connectivity index (χ0v) is 8.28. The summed E-state index contributed by atoms with van der Waals surface area (Å²) >= 11 is 0. The second kappa shape index (κ2) is 4.14. The molecule has 0 radical (unpaired) electrons. The fraction of sp³-hybridized carbons (Fsp3) is 0.333. The molecule has 0 aliphatic heterocycles. The first-order valence-corrected chi connectivity index (χ1v) is 4.67. The Kier molecular flexibility index (Phi) is 2.68. The molecule has 0 amide bonds. The molecule has 2 aromatic heterocycles. The molecule has 0 saturated carbocycles. The molecular formula is C9H11N5O. The van der Waals surface area contributed by atoms with Crippen LogP contribution in [0.25, 0.3) is 5.69 Å². The zero-order chi connectivity index (χ0) is 10.7. The van der Waals surface area contributed by atoms with Crippen molar-refractivity contribution < 1.29 is 5.11 Å². The van der Waals surface area contributed by atoms with Gasteiger partial charge in [0.25, 0.3) is 0 Å². The lowest BCUT2D eigenvalue weighted by atomic mass is 10.2. The van der Waals surface area contributed by atoms with Crippen LogP contribution in [0, 0.1) is 0 Å². The van der Waals surface area contributed by atoms with Gasteiger partial charge in [0.05, 0.1) is 24.7 Å². The minimum Gasteiger partial charge on any atom is -0.387 e. The van der Waals surface area contributed by atoms with Crippen molar-refractivity contribution in [1.82, 2.24) is 25.0 Å². The number of aromatic nitrogens is 5. The Morgan fingerprint density at radius 1 is 1.40 bits per heavy atom. The van der Waals surface area contributed by atoms with Gasteiger partial charge in [-0.3, -0.25) is 0 Å². The Balaban J connectivity index is 2.28. The van der Waals surface area contributed by atoms with Crippen LogP contribution in [0.2, 0.25) is 0 Å². The van der Waals surface area contributed by atoms with Gasteiger partial charge in [0.2, 0.25) is 0 Å². The first-order valence-electron chi connectivity index (χ1n) is 4.67. The Labute approximate surface area is 86.6 Å². The average molecular weight is 205 g/mol. The minimum atomic E-state index is -0.566. The number of aliphatic hydroxyl groups excluding tert-OH is 1. The lowest BCUT2D eigenvalue weighted by Gasteiger charge is -2.00. The van der Waals surface area contributed by atoms with E-state index in [4.69, 9.17) is 0 Å². The molecule has 78 valence electrons. The summed E-state index contributed by atoms with van der Waals surface area (Å²) in [4.78, 5) is 7.75. The highest BCUT2D eigenvalue weighted by atomic mass is 16.3. The summed E-state index contributed by atoms with van der Waals surface area (Å²) in [6, 6.07) is 0. The molecule has 0 aromatic carbocycles. The van der Waals surface area contributed by atoms with E-state index in [0.29, 0.717) is 12.1 Å². The number of nitrogens with zero attached hydrogens (tertiary/aromatic N) is 5. The van der Waals surface area contributed by atoms with Crippen molar-refractivity contribution in [2.24, 2.45) is 0 Å². The molecule has 6 heteroatoms. The molecule has 0 fully saturated rings. The molecule has 2 aromatic rings. The van der Waals surface area contributed by atoms with Crippen LogP contribution in [0.15, 0.2) is 24.9 Å². The van der Waals surface area contributed by atoms with Crippen LogP contribution in [0.5, 0.6) is 0 Å². The second-order valence-corrected chi connectivity index (χ2v) is 3.11. The molecule has 2 rings (SSSR count). The SMILES string of the molecule is CCC(O)c1cn(-c2cncnc2)nn1. The lowest BCUT2D eigenvalue weighted by Crippen LogP contribution is -1.96. The minimum absolute atomic E-state index is 0.557. The van der Waals surface area contributed by atoms with E-state index in [1.54, 1.807) is 18.6 Å². The van der Waals surface area contributed by atoms with Gasteiger partial charge in [-0.25, -0.2) is 14.6 Å². The van der Waals surface area contributed by atoms with E-state index in [1.807, 2.05) is 6.92 Å². The Hall–Kier alpha value is -1.82. The van der Waals surface area contributed by atoms with Crippen molar-refractivity contribution >= 4 is 0 Å². The molecule has 0 aliphatic rings. The van der Waals surface area contributed by atoms with Gasteiger partial charge < -0.3 is 5.11 Å². The van der Waals surface area contributed by atoms with Gasteiger partial charge in [-0.2, -0.15) is 0 Å². The molecule has 0 aliphatic carbocycles. The van der Waals surface area contributed by atoms with Crippen LogP contribution in [0.4, 0.5) is 0 Å². The van der Waals surface area contributed by atoms with Crippen molar-refractivity contribution in [3.8, 4) is 5.69 Å². The third-order valence-electron chi connectivity index (χ3n) is 2.05. The first kappa shape index (κ1) is 9.72. The summed E-state index contributed by atoms with van der Waals surface area (Å²) in [6.07, 6.45) is 6.43. The van der Waals surface area contributed by atoms with Crippen molar-refractivity contribution in [3.63, 3.8) is 0 Å². The Morgan fingerprint density at radius 3 is 2.80 bits per heavy atom. The van der Waals surface area contributed by atoms with E-state index in [9.17, 15) is 5.11 Å². The molecule has 0 spiro atoms. The summed E-state index contributed by atoms with van der Waals surface area (Å²) < 4.78 is 1.54. The number of hydrogen-bond donors (Lipinski definition) is 1. The maximum Gasteiger partial charge on any atom is 0.115 e. The van der Waals surface area contributed by atoms with Gasteiger partial charge in [-0.05, 0) is 6.42 Å². The summed E-state index contributed by atoms with van der Waals surface area (Å²) in [5.74, 6) is 0. The monoisotopic (exact) mass is 205 g/mol.